The Morgan fingerprint density at radius 3 is 2.85 bits per heavy atom. The summed E-state index contributed by atoms with van der Waals surface area (Å²) >= 11 is 0. The van der Waals surface area contributed by atoms with Crippen LogP contribution in [0, 0.1) is 5.92 Å². The first-order chi connectivity index (χ1) is 9.66. The fourth-order valence-corrected chi connectivity index (χ4v) is 2.92. The zero-order valence-electron chi connectivity index (χ0n) is 11.3. The van der Waals surface area contributed by atoms with Crippen molar-refractivity contribution in [3.63, 3.8) is 0 Å². The van der Waals surface area contributed by atoms with Crippen LogP contribution in [0.2, 0.25) is 0 Å². The highest BCUT2D eigenvalue weighted by molar-refractivity contribution is 5.91. The van der Waals surface area contributed by atoms with Crippen molar-refractivity contribution in [1.82, 2.24) is 14.5 Å². The lowest BCUT2D eigenvalue weighted by molar-refractivity contribution is -0.137. The van der Waals surface area contributed by atoms with E-state index in [4.69, 9.17) is 5.73 Å². The number of carbonyl (C=O) groups excluding carboxylic acids is 2. The smallest absolute Gasteiger partial charge is 0.266 e. The Kier molecular flexibility index (Phi) is 3.30. The molecule has 1 aliphatic heterocycles. The fraction of sp³-hybridized carbons (Fsp3) is 0.500. The summed E-state index contributed by atoms with van der Waals surface area (Å²) in [6.45, 7) is 1.66. The number of hydrogen-bond acceptors (Lipinski definition) is 3. The lowest BCUT2D eigenvalue weighted by atomic mass is 9.93. The molecule has 1 aromatic rings. The predicted octanol–water partition coefficient (Wildman–Crippen LogP) is 0.680. The number of aromatic nitrogens is 2. The van der Waals surface area contributed by atoms with Gasteiger partial charge in [0.05, 0.1) is 12.7 Å². The van der Waals surface area contributed by atoms with Crippen molar-refractivity contribution in [2.24, 2.45) is 11.7 Å². The molecule has 2 N–H and O–H groups in total. The largest absolute Gasteiger partial charge is 0.364 e. The van der Waals surface area contributed by atoms with Crippen LogP contribution >= 0.6 is 0 Å². The van der Waals surface area contributed by atoms with E-state index in [9.17, 15) is 9.59 Å². The van der Waals surface area contributed by atoms with Gasteiger partial charge in [0.25, 0.3) is 5.91 Å². The summed E-state index contributed by atoms with van der Waals surface area (Å²) < 4.78 is 1.81. The molecule has 0 radical (unpaired) electrons. The van der Waals surface area contributed by atoms with Crippen molar-refractivity contribution < 1.29 is 9.59 Å². The molecule has 0 saturated carbocycles. The Balaban J connectivity index is 1.74. The normalized spacial score (nSPS) is 21.6. The SMILES string of the molecule is NC(=O)c1cnc2n1CCN(C(=O)[C@@H]1CC=CCC1)C2. The van der Waals surface area contributed by atoms with Crippen LogP contribution in [-0.2, 0) is 17.9 Å². The van der Waals surface area contributed by atoms with Crippen LogP contribution in [0.3, 0.4) is 0 Å². The van der Waals surface area contributed by atoms with Gasteiger partial charge in [-0.15, -0.1) is 0 Å². The van der Waals surface area contributed by atoms with Crippen molar-refractivity contribution in [3.8, 4) is 0 Å². The number of allylic oxidation sites excluding steroid dienone is 2. The Morgan fingerprint density at radius 1 is 1.30 bits per heavy atom. The number of fused-ring (bicyclic) bond motifs is 1. The molecule has 3 rings (SSSR count). The molecular weight excluding hydrogens is 256 g/mol. The fourth-order valence-electron chi connectivity index (χ4n) is 2.92. The molecule has 20 heavy (non-hydrogen) atoms. The van der Waals surface area contributed by atoms with Gasteiger partial charge in [-0.05, 0) is 19.3 Å². The van der Waals surface area contributed by atoms with E-state index in [2.05, 4.69) is 17.1 Å². The van der Waals surface area contributed by atoms with Crippen molar-refractivity contribution in [2.45, 2.75) is 32.4 Å². The zero-order chi connectivity index (χ0) is 14.1. The third-order valence-electron chi connectivity index (χ3n) is 4.05. The summed E-state index contributed by atoms with van der Waals surface area (Å²) in [5.41, 5.74) is 5.73. The summed E-state index contributed by atoms with van der Waals surface area (Å²) in [7, 11) is 0. The van der Waals surface area contributed by atoms with Crippen molar-refractivity contribution in [3.05, 3.63) is 29.9 Å². The number of nitrogens with two attached hydrogens (primary N) is 1. The molecule has 0 aromatic carbocycles. The minimum atomic E-state index is -0.471. The van der Waals surface area contributed by atoms with Crippen molar-refractivity contribution in [1.29, 1.82) is 0 Å². The van der Waals surface area contributed by atoms with Crippen LogP contribution in [0.5, 0.6) is 0 Å². The third-order valence-corrected chi connectivity index (χ3v) is 4.05. The molecule has 6 heteroatoms. The Labute approximate surface area is 117 Å². The van der Waals surface area contributed by atoms with Gasteiger partial charge >= 0.3 is 0 Å². The molecular formula is C14H18N4O2. The van der Waals surface area contributed by atoms with Gasteiger partial charge in [-0.25, -0.2) is 4.98 Å². The first kappa shape index (κ1) is 12.9. The summed E-state index contributed by atoms with van der Waals surface area (Å²) in [5, 5.41) is 0. The molecule has 106 valence electrons. The second-order valence-corrected chi connectivity index (χ2v) is 5.32. The maximum Gasteiger partial charge on any atom is 0.266 e. The van der Waals surface area contributed by atoms with Crippen LogP contribution in [0.15, 0.2) is 18.3 Å². The molecule has 0 saturated heterocycles. The molecule has 2 aliphatic rings. The standard InChI is InChI=1S/C14H18N4O2/c15-13(19)11-8-16-12-9-17(6-7-18(11)12)14(20)10-4-2-1-3-5-10/h1-2,8,10H,3-7,9H2,(H2,15,19)/t10-/m1/s1. The average Bonchev–Trinajstić information content (AvgIpc) is 2.90. The molecule has 0 bridgehead atoms. The molecule has 0 unspecified atom stereocenters. The van der Waals surface area contributed by atoms with E-state index in [1.54, 1.807) is 0 Å². The minimum absolute atomic E-state index is 0.0946. The summed E-state index contributed by atoms with van der Waals surface area (Å²) in [6, 6.07) is 0. The maximum atomic E-state index is 12.5. The van der Waals surface area contributed by atoms with E-state index in [0.717, 1.165) is 25.1 Å². The average molecular weight is 274 g/mol. The monoisotopic (exact) mass is 274 g/mol. The zero-order valence-corrected chi connectivity index (χ0v) is 11.3. The summed E-state index contributed by atoms with van der Waals surface area (Å²) in [6.07, 6.45) is 8.44. The van der Waals surface area contributed by atoms with E-state index in [-0.39, 0.29) is 11.8 Å². The number of rotatable bonds is 2. The Morgan fingerprint density at radius 2 is 2.15 bits per heavy atom. The van der Waals surface area contributed by atoms with Crippen molar-refractivity contribution in [2.75, 3.05) is 6.54 Å². The van der Waals surface area contributed by atoms with E-state index < -0.39 is 5.91 Å². The van der Waals surface area contributed by atoms with Crippen molar-refractivity contribution >= 4 is 11.8 Å². The van der Waals surface area contributed by atoms with Crippen LogP contribution in [0.4, 0.5) is 0 Å². The van der Waals surface area contributed by atoms with Gasteiger partial charge in [0.2, 0.25) is 5.91 Å². The quantitative estimate of drug-likeness (QED) is 0.805. The molecule has 2 amide bonds. The highest BCUT2D eigenvalue weighted by atomic mass is 16.2. The molecule has 0 spiro atoms. The lowest BCUT2D eigenvalue weighted by Crippen LogP contribution is -2.42. The molecule has 0 fully saturated rings. The second-order valence-electron chi connectivity index (χ2n) is 5.32. The molecule has 6 nitrogen and oxygen atoms in total. The number of imidazole rings is 1. The van der Waals surface area contributed by atoms with Gasteiger partial charge in [0.1, 0.15) is 11.5 Å². The van der Waals surface area contributed by atoms with E-state index in [1.165, 1.54) is 6.20 Å². The Bertz CT molecular complexity index is 576. The topological polar surface area (TPSA) is 81.2 Å². The first-order valence-corrected chi connectivity index (χ1v) is 6.95. The third kappa shape index (κ3) is 2.21. The number of nitrogens with zero attached hydrogens (tertiary/aromatic N) is 3. The molecule has 2 heterocycles. The van der Waals surface area contributed by atoms with Gasteiger partial charge in [0, 0.05) is 19.0 Å². The van der Waals surface area contributed by atoms with Gasteiger partial charge in [-0.2, -0.15) is 0 Å². The number of amides is 2. The van der Waals surface area contributed by atoms with Gasteiger partial charge in [-0.3, -0.25) is 9.59 Å². The minimum Gasteiger partial charge on any atom is -0.364 e. The predicted molar refractivity (Wildman–Crippen MR) is 72.6 cm³/mol. The molecule has 1 atom stereocenters. The van der Waals surface area contributed by atoms with Crippen LogP contribution in [-0.4, -0.2) is 32.8 Å². The van der Waals surface area contributed by atoms with Crippen LogP contribution in [0.1, 0.15) is 35.6 Å². The number of carbonyl (C=O) groups is 2. The van der Waals surface area contributed by atoms with Gasteiger partial charge in [0.15, 0.2) is 0 Å². The second kappa shape index (κ2) is 5.11. The van der Waals surface area contributed by atoms with E-state index >= 15 is 0 Å². The van der Waals surface area contributed by atoms with Gasteiger partial charge < -0.3 is 15.2 Å². The highest BCUT2D eigenvalue weighted by Gasteiger charge is 2.29. The molecule has 1 aromatic heterocycles. The number of hydrogen-bond donors (Lipinski definition) is 1. The van der Waals surface area contributed by atoms with Crippen LogP contribution in [0.25, 0.3) is 0 Å². The van der Waals surface area contributed by atoms with E-state index in [1.807, 2.05) is 9.47 Å². The van der Waals surface area contributed by atoms with Crippen LogP contribution < -0.4 is 5.73 Å². The Hall–Kier alpha value is -2.11. The maximum absolute atomic E-state index is 12.5. The summed E-state index contributed by atoms with van der Waals surface area (Å²) in [5.74, 6) is 0.562. The highest BCUT2D eigenvalue weighted by Crippen LogP contribution is 2.23. The molecule has 1 aliphatic carbocycles. The van der Waals surface area contributed by atoms with E-state index in [0.29, 0.717) is 25.3 Å². The first-order valence-electron chi connectivity index (χ1n) is 6.95. The van der Waals surface area contributed by atoms with Gasteiger partial charge in [-0.1, -0.05) is 12.2 Å². The lowest BCUT2D eigenvalue weighted by Gasteiger charge is -2.31. The number of primary amides is 1. The summed E-state index contributed by atoms with van der Waals surface area (Å²) in [4.78, 5) is 29.8.